The number of para-hydroxylation sites is 1. The van der Waals surface area contributed by atoms with Crippen LogP contribution in [0.5, 0.6) is 0 Å². The zero-order chi connectivity index (χ0) is 16.0. The Morgan fingerprint density at radius 1 is 1.09 bits per heavy atom. The third-order valence-corrected chi connectivity index (χ3v) is 4.69. The van der Waals surface area contributed by atoms with Gasteiger partial charge in [0, 0.05) is 35.8 Å². The molecule has 3 nitrogen and oxygen atoms in total. The van der Waals surface area contributed by atoms with Crippen molar-refractivity contribution in [3.8, 4) is 0 Å². The number of fused-ring (bicyclic) bond motifs is 3. The van der Waals surface area contributed by atoms with E-state index >= 15 is 0 Å². The molecule has 0 spiro atoms. The Morgan fingerprint density at radius 2 is 1.83 bits per heavy atom. The second kappa shape index (κ2) is 5.23. The number of rotatable bonds is 1. The lowest BCUT2D eigenvalue weighted by Gasteiger charge is -2.28. The van der Waals surface area contributed by atoms with Crippen LogP contribution in [-0.2, 0) is 20.0 Å². The first kappa shape index (κ1) is 14.0. The molecular formula is C19H17FN2O. The van der Waals surface area contributed by atoms with E-state index in [0.29, 0.717) is 18.7 Å². The summed E-state index contributed by atoms with van der Waals surface area (Å²) in [5.74, 6) is -0.364. The van der Waals surface area contributed by atoms with E-state index in [4.69, 9.17) is 0 Å². The van der Waals surface area contributed by atoms with E-state index in [0.717, 1.165) is 6.42 Å². The second-order valence-corrected chi connectivity index (χ2v) is 5.99. The molecule has 0 atom stereocenters. The lowest BCUT2D eigenvalue weighted by atomic mass is 10.0. The fourth-order valence-corrected chi connectivity index (χ4v) is 3.46. The van der Waals surface area contributed by atoms with Crippen LogP contribution in [0.1, 0.15) is 21.6 Å². The van der Waals surface area contributed by atoms with E-state index in [1.165, 1.54) is 34.3 Å². The van der Waals surface area contributed by atoms with Gasteiger partial charge in [-0.05, 0) is 42.3 Å². The van der Waals surface area contributed by atoms with Gasteiger partial charge in [-0.25, -0.2) is 4.39 Å². The number of nitrogens with zero attached hydrogens (tertiary/aromatic N) is 2. The standard InChI is InChI=1S/C19H17FN2O/c1-21-17-5-3-2-4-15(17)16-10-11-22(12-18(16)21)19(23)13-6-8-14(20)9-7-13/h2-9H,10-12H2,1H3. The summed E-state index contributed by atoms with van der Waals surface area (Å²) in [5.41, 5.74) is 4.27. The quantitative estimate of drug-likeness (QED) is 0.675. The summed E-state index contributed by atoms with van der Waals surface area (Å²) in [7, 11) is 2.05. The zero-order valence-electron chi connectivity index (χ0n) is 12.9. The molecule has 4 heteroatoms. The number of hydrogen-bond acceptors (Lipinski definition) is 1. The Hall–Kier alpha value is -2.62. The average molecular weight is 308 g/mol. The predicted molar refractivity (Wildman–Crippen MR) is 87.8 cm³/mol. The Labute approximate surface area is 133 Å². The Morgan fingerprint density at radius 3 is 2.61 bits per heavy atom. The number of hydrogen-bond donors (Lipinski definition) is 0. The SMILES string of the molecule is Cn1c2c(c3ccccc31)CCN(C(=O)c1ccc(F)cc1)C2. The lowest BCUT2D eigenvalue weighted by molar-refractivity contribution is 0.0731. The van der Waals surface area contributed by atoms with Crippen molar-refractivity contribution in [2.75, 3.05) is 6.54 Å². The van der Waals surface area contributed by atoms with Gasteiger partial charge in [0.1, 0.15) is 5.82 Å². The maximum absolute atomic E-state index is 13.0. The maximum atomic E-state index is 13.0. The molecule has 0 bridgehead atoms. The molecule has 2 heterocycles. The number of aryl methyl sites for hydroxylation is 1. The van der Waals surface area contributed by atoms with Crippen molar-refractivity contribution in [3.05, 3.63) is 71.2 Å². The number of amides is 1. The van der Waals surface area contributed by atoms with Crippen molar-refractivity contribution in [2.45, 2.75) is 13.0 Å². The first-order valence-electron chi connectivity index (χ1n) is 7.75. The third kappa shape index (κ3) is 2.22. The molecule has 0 radical (unpaired) electrons. The van der Waals surface area contributed by atoms with Crippen LogP contribution in [0.2, 0.25) is 0 Å². The summed E-state index contributed by atoms with van der Waals surface area (Å²) in [6.45, 7) is 1.29. The molecule has 3 aromatic rings. The monoisotopic (exact) mass is 308 g/mol. The molecule has 0 N–H and O–H groups in total. The van der Waals surface area contributed by atoms with Crippen molar-refractivity contribution in [1.82, 2.24) is 9.47 Å². The second-order valence-electron chi connectivity index (χ2n) is 5.99. The molecule has 23 heavy (non-hydrogen) atoms. The summed E-state index contributed by atoms with van der Waals surface area (Å²) >= 11 is 0. The smallest absolute Gasteiger partial charge is 0.254 e. The first-order valence-corrected chi connectivity index (χ1v) is 7.75. The molecule has 1 amide bonds. The minimum absolute atomic E-state index is 0.0408. The van der Waals surface area contributed by atoms with E-state index < -0.39 is 0 Å². The molecular weight excluding hydrogens is 291 g/mol. The number of carbonyl (C=O) groups excluding carboxylic acids is 1. The van der Waals surface area contributed by atoms with Crippen molar-refractivity contribution in [3.63, 3.8) is 0 Å². The molecule has 0 fully saturated rings. The number of halogens is 1. The molecule has 116 valence electrons. The van der Waals surface area contributed by atoms with Gasteiger partial charge in [-0.1, -0.05) is 18.2 Å². The highest BCUT2D eigenvalue weighted by atomic mass is 19.1. The molecule has 0 saturated heterocycles. The van der Waals surface area contributed by atoms with Crippen LogP contribution in [-0.4, -0.2) is 21.9 Å². The molecule has 1 aliphatic rings. The van der Waals surface area contributed by atoms with Gasteiger partial charge in [-0.2, -0.15) is 0 Å². The summed E-state index contributed by atoms with van der Waals surface area (Å²) < 4.78 is 15.2. The predicted octanol–water partition coefficient (Wildman–Crippen LogP) is 3.52. The van der Waals surface area contributed by atoms with Crippen LogP contribution in [0.3, 0.4) is 0 Å². The minimum Gasteiger partial charge on any atom is -0.346 e. The van der Waals surface area contributed by atoms with Gasteiger partial charge in [0.2, 0.25) is 0 Å². The highest BCUT2D eigenvalue weighted by Gasteiger charge is 2.26. The molecule has 1 aromatic heterocycles. The fraction of sp³-hybridized carbons (Fsp3) is 0.211. The molecule has 4 rings (SSSR count). The van der Waals surface area contributed by atoms with Crippen molar-refractivity contribution < 1.29 is 9.18 Å². The Bertz CT molecular complexity index is 896. The van der Waals surface area contributed by atoms with Gasteiger partial charge in [0.05, 0.1) is 6.54 Å². The average Bonchev–Trinajstić information content (AvgIpc) is 2.88. The molecule has 2 aromatic carbocycles. The number of carbonyl (C=O) groups is 1. The first-order chi connectivity index (χ1) is 11.1. The van der Waals surface area contributed by atoms with Gasteiger partial charge in [0.25, 0.3) is 5.91 Å². The highest BCUT2D eigenvalue weighted by Crippen LogP contribution is 2.30. The van der Waals surface area contributed by atoms with Crippen LogP contribution < -0.4 is 0 Å². The van der Waals surface area contributed by atoms with Crippen molar-refractivity contribution in [2.24, 2.45) is 7.05 Å². The maximum Gasteiger partial charge on any atom is 0.254 e. The topological polar surface area (TPSA) is 25.2 Å². The zero-order valence-corrected chi connectivity index (χ0v) is 12.9. The van der Waals surface area contributed by atoms with E-state index in [-0.39, 0.29) is 11.7 Å². The van der Waals surface area contributed by atoms with Crippen LogP contribution in [0, 0.1) is 5.82 Å². The summed E-state index contributed by atoms with van der Waals surface area (Å²) in [5, 5.41) is 1.28. The molecule has 0 aliphatic carbocycles. The van der Waals surface area contributed by atoms with E-state index in [1.807, 2.05) is 18.0 Å². The summed E-state index contributed by atoms with van der Waals surface area (Å²) in [4.78, 5) is 14.5. The van der Waals surface area contributed by atoms with E-state index in [1.54, 1.807) is 12.1 Å². The third-order valence-electron chi connectivity index (χ3n) is 4.69. The largest absolute Gasteiger partial charge is 0.346 e. The Kier molecular flexibility index (Phi) is 3.18. The Balaban J connectivity index is 1.69. The van der Waals surface area contributed by atoms with Crippen LogP contribution >= 0.6 is 0 Å². The van der Waals surface area contributed by atoms with Crippen LogP contribution in [0.4, 0.5) is 4.39 Å². The van der Waals surface area contributed by atoms with Gasteiger partial charge >= 0.3 is 0 Å². The molecule has 0 unspecified atom stereocenters. The minimum atomic E-state index is -0.323. The lowest BCUT2D eigenvalue weighted by Crippen LogP contribution is -2.36. The highest BCUT2D eigenvalue weighted by molar-refractivity contribution is 5.95. The summed E-state index contributed by atoms with van der Waals surface area (Å²) in [6.07, 6.45) is 0.851. The summed E-state index contributed by atoms with van der Waals surface area (Å²) in [6, 6.07) is 14.1. The van der Waals surface area contributed by atoms with Gasteiger partial charge < -0.3 is 9.47 Å². The van der Waals surface area contributed by atoms with Crippen LogP contribution in [0.25, 0.3) is 10.9 Å². The van der Waals surface area contributed by atoms with Gasteiger partial charge in [-0.3, -0.25) is 4.79 Å². The van der Waals surface area contributed by atoms with E-state index in [9.17, 15) is 9.18 Å². The molecule has 1 aliphatic heterocycles. The number of benzene rings is 2. The van der Waals surface area contributed by atoms with Gasteiger partial charge in [0.15, 0.2) is 0 Å². The van der Waals surface area contributed by atoms with Gasteiger partial charge in [-0.15, -0.1) is 0 Å². The normalized spacial score (nSPS) is 14.1. The van der Waals surface area contributed by atoms with Crippen molar-refractivity contribution >= 4 is 16.8 Å². The number of aromatic nitrogens is 1. The fourth-order valence-electron chi connectivity index (χ4n) is 3.46. The molecule has 0 saturated carbocycles. The van der Waals surface area contributed by atoms with Crippen LogP contribution in [0.15, 0.2) is 48.5 Å². The van der Waals surface area contributed by atoms with E-state index in [2.05, 4.69) is 22.8 Å². The van der Waals surface area contributed by atoms with Crippen molar-refractivity contribution in [1.29, 1.82) is 0 Å².